The minimum absolute atomic E-state index is 0.0132. The summed E-state index contributed by atoms with van der Waals surface area (Å²) in [7, 11) is 1.85. The number of amides is 2. The lowest BCUT2D eigenvalue weighted by atomic mass is 9.97. The lowest BCUT2D eigenvalue weighted by molar-refractivity contribution is 0.135. The summed E-state index contributed by atoms with van der Waals surface area (Å²) in [5, 5.41) is 5.27. The molecular formula is C21H29N3OS. The molecule has 1 fully saturated rings. The number of nitrogens with zero attached hydrogens (tertiary/aromatic N) is 2. The number of benzene rings is 1. The van der Waals surface area contributed by atoms with Crippen molar-refractivity contribution in [2.24, 2.45) is 5.92 Å². The second kappa shape index (κ2) is 9.19. The zero-order chi connectivity index (χ0) is 18.4. The van der Waals surface area contributed by atoms with Crippen molar-refractivity contribution in [3.63, 3.8) is 0 Å². The van der Waals surface area contributed by atoms with Gasteiger partial charge in [0.2, 0.25) is 0 Å². The van der Waals surface area contributed by atoms with Crippen molar-refractivity contribution in [2.45, 2.75) is 32.4 Å². The summed E-state index contributed by atoms with van der Waals surface area (Å²) in [5.41, 5.74) is 1.14. The predicted molar refractivity (Wildman–Crippen MR) is 108 cm³/mol. The van der Waals surface area contributed by atoms with Gasteiger partial charge < -0.3 is 10.2 Å². The Morgan fingerprint density at radius 3 is 2.62 bits per heavy atom. The van der Waals surface area contributed by atoms with E-state index in [-0.39, 0.29) is 12.1 Å². The molecule has 0 unspecified atom stereocenters. The average Bonchev–Trinajstić information content (AvgIpc) is 3.18. The second-order valence-electron chi connectivity index (χ2n) is 7.28. The first kappa shape index (κ1) is 18.9. The molecule has 1 saturated heterocycles. The number of hydrogen-bond donors (Lipinski definition) is 1. The maximum absolute atomic E-state index is 12.6. The van der Waals surface area contributed by atoms with Crippen LogP contribution in [0, 0.1) is 5.92 Å². The Bertz CT molecular complexity index is 666. The van der Waals surface area contributed by atoms with Crippen molar-refractivity contribution in [3.05, 3.63) is 58.3 Å². The van der Waals surface area contributed by atoms with Gasteiger partial charge in [0, 0.05) is 25.0 Å². The van der Waals surface area contributed by atoms with Crippen LogP contribution >= 0.6 is 11.3 Å². The molecule has 1 aromatic heterocycles. The minimum Gasteiger partial charge on any atom is -0.336 e. The minimum atomic E-state index is -0.0132. The van der Waals surface area contributed by atoms with Crippen LogP contribution in [0.15, 0.2) is 47.8 Å². The van der Waals surface area contributed by atoms with E-state index in [1.165, 1.54) is 17.7 Å². The molecule has 2 aromatic rings. The summed E-state index contributed by atoms with van der Waals surface area (Å²) in [6.07, 6.45) is 2.48. The molecule has 1 aliphatic heterocycles. The van der Waals surface area contributed by atoms with E-state index in [0.717, 1.165) is 24.6 Å². The number of thiophene rings is 1. The normalized spacial score (nSPS) is 17.0. The van der Waals surface area contributed by atoms with Crippen molar-refractivity contribution in [1.29, 1.82) is 0 Å². The van der Waals surface area contributed by atoms with Gasteiger partial charge in [-0.05, 0) is 48.9 Å². The number of likely N-dealkylation sites (tertiary alicyclic amines) is 1. The van der Waals surface area contributed by atoms with E-state index in [0.29, 0.717) is 13.1 Å². The first-order chi connectivity index (χ1) is 12.6. The van der Waals surface area contributed by atoms with Gasteiger partial charge in [-0.2, -0.15) is 0 Å². The van der Waals surface area contributed by atoms with Crippen LogP contribution in [0.3, 0.4) is 0 Å². The van der Waals surface area contributed by atoms with Crippen LogP contribution < -0.4 is 5.32 Å². The highest BCUT2D eigenvalue weighted by Crippen LogP contribution is 2.29. The first-order valence-corrected chi connectivity index (χ1v) is 10.3. The molecule has 2 heterocycles. The lowest BCUT2D eigenvalue weighted by Crippen LogP contribution is -2.44. The van der Waals surface area contributed by atoms with E-state index in [4.69, 9.17) is 0 Å². The van der Waals surface area contributed by atoms with E-state index in [2.05, 4.69) is 34.7 Å². The van der Waals surface area contributed by atoms with Crippen molar-refractivity contribution in [1.82, 2.24) is 15.1 Å². The molecule has 0 bridgehead atoms. The Labute approximate surface area is 160 Å². The van der Waals surface area contributed by atoms with Crippen LogP contribution in [0.5, 0.6) is 0 Å². The molecule has 0 saturated carbocycles. The van der Waals surface area contributed by atoms with E-state index in [1.54, 1.807) is 16.2 Å². The summed E-state index contributed by atoms with van der Waals surface area (Å²) in [6.45, 7) is 5.83. The first-order valence-electron chi connectivity index (χ1n) is 9.44. The largest absolute Gasteiger partial charge is 0.336 e. The molecule has 2 amide bonds. The average molecular weight is 372 g/mol. The van der Waals surface area contributed by atoms with Crippen molar-refractivity contribution in [2.75, 3.05) is 26.7 Å². The van der Waals surface area contributed by atoms with Gasteiger partial charge in [0.15, 0.2) is 0 Å². The number of carbonyl (C=O) groups is 1. The van der Waals surface area contributed by atoms with E-state index in [1.807, 2.05) is 37.4 Å². The van der Waals surface area contributed by atoms with E-state index >= 15 is 0 Å². The summed E-state index contributed by atoms with van der Waals surface area (Å²) in [4.78, 5) is 18.2. The third-order valence-corrected chi connectivity index (χ3v) is 6.16. The zero-order valence-corrected chi connectivity index (χ0v) is 16.5. The number of rotatable bonds is 6. The maximum Gasteiger partial charge on any atom is 0.317 e. The van der Waals surface area contributed by atoms with Crippen molar-refractivity contribution in [3.8, 4) is 0 Å². The van der Waals surface area contributed by atoms with Gasteiger partial charge in [-0.3, -0.25) is 4.90 Å². The Morgan fingerprint density at radius 1 is 1.23 bits per heavy atom. The number of urea groups is 1. The molecule has 0 aliphatic carbocycles. The molecule has 1 aliphatic rings. The van der Waals surface area contributed by atoms with E-state index in [9.17, 15) is 4.79 Å². The topological polar surface area (TPSA) is 35.6 Å². The monoisotopic (exact) mass is 371 g/mol. The quantitative estimate of drug-likeness (QED) is 0.819. The molecule has 0 radical (unpaired) electrons. The lowest BCUT2D eigenvalue weighted by Gasteiger charge is -2.36. The fourth-order valence-corrected chi connectivity index (χ4v) is 4.34. The van der Waals surface area contributed by atoms with Gasteiger partial charge in [0.05, 0.1) is 6.04 Å². The van der Waals surface area contributed by atoms with Crippen LogP contribution in [0.1, 0.15) is 36.2 Å². The summed E-state index contributed by atoms with van der Waals surface area (Å²) < 4.78 is 0. The highest BCUT2D eigenvalue weighted by molar-refractivity contribution is 7.10. The van der Waals surface area contributed by atoms with Gasteiger partial charge in [-0.1, -0.05) is 43.3 Å². The van der Waals surface area contributed by atoms with Crippen LogP contribution in [0.4, 0.5) is 4.79 Å². The molecule has 5 heteroatoms. The fraction of sp³-hybridized carbons (Fsp3) is 0.476. The molecule has 1 aromatic carbocycles. The van der Waals surface area contributed by atoms with Gasteiger partial charge in [0.1, 0.15) is 0 Å². The summed E-state index contributed by atoms with van der Waals surface area (Å²) >= 11 is 1.78. The Kier molecular flexibility index (Phi) is 6.69. The summed E-state index contributed by atoms with van der Waals surface area (Å²) in [6, 6.07) is 14.7. The number of nitrogens with one attached hydrogen (secondary N) is 1. The molecule has 0 spiro atoms. The molecule has 4 nitrogen and oxygen atoms in total. The fourth-order valence-electron chi connectivity index (χ4n) is 3.48. The van der Waals surface area contributed by atoms with E-state index < -0.39 is 0 Å². The number of piperidine rings is 1. The SMILES string of the molecule is CC1CCN([C@@H](CNC(=O)N(C)Cc2ccccc2)c2cccs2)CC1. The van der Waals surface area contributed by atoms with Gasteiger partial charge in [-0.15, -0.1) is 11.3 Å². The van der Waals surface area contributed by atoms with Crippen molar-refractivity contribution < 1.29 is 4.79 Å². The van der Waals surface area contributed by atoms with Gasteiger partial charge >= 0.3 is 6.03 Å². The Morgan fingerprint density at radius 2 is 1.96 bits per heavy atom. The Balaban J connectivity index is 1.57. The maximum atomic E-state index is 12.6. The van der Waals surface area contributed by atoms with Crippen LogP contribution in [-0.2, 0) is 6.54 Å². The molecular weight excluding hydrogens is 342 g/mol. The number of hydrogen-bond acceptors (Lipinski definition) is 3. The smallest absolute Gasteiger partial charge is 0.317 e. The van der Waals surface area contributed by atoms with Crippen molar-refractivity contribution >= 4 is 17.4 Å². The van der Waals surface area contributed by atoms with Crippen LogP contribution in [0.2, 0.25) is 0 Å². The second-order valence-corrected chi connectivity index (χ2v) is 8.26. The molecule has 3 rings (SSSR count). The third kappa shape index (κ3) is 5.08. The molecule has 26 heavy (non-hydrogen) atoms. The van der Waals surface area contributed by atoms with Gasteiger partial charge in [0.25, 0.3) is 0 Å². The standard InChI is InChI=1S/C21H29N3OS/c1-17-10-12-24(13-11-17)19(20-9-6-14-26-20)15-22-21(25)23(2)16-18-7-4-3-5-8-18/h3-9,14,17,19H,10-13,15-16H2,1-2H3,(H,22,25)/t19-/m0/s1. The predicted octanol–water partition coefficient (Wildman–Crippen LogP) is 4.36. The zero-order valence-electron chi connectivity index (χ0n) is 15.7. The summed E-state index contributed by atoms with van der Waals surface area (Å²) in [5.74, 6) is 0.807. The highest BCUT2D eigenvalue weighted by Gasteiger charge is 2.26. The number of carbonyl (C=O) groups excluding carboxylic acids is 1. The Hall–Kier alpha value is -1.85. The third-order valence-electron chi connectivity index (χ3n) is 5.19. The molecule has 1 N–H and O–H groups in total. The van der Waals surface area contributed by atoms with Crippen LogP contribution in [0.25, 0.3) is 0 Å². The molecule has 140 valence electrons. The highest BCUT2D eigenvalue weighted by atomic mass is 32.1. The molecule has 1 atom stereocenters. The van der Waals surface area contributed by atoms with Crippen LogP contribution in [-0.4, -0.2) is 42.5 Å². The van der Waals surface area contributed by atoms with Gasteiger partial charge in [-0.25, -0.2) is 4.79 Å².